The molecular formula is C9H14KLiO4. The zero-order valence-electron chi connectivity index (χ0n) is 9.96. The Hall–Kier alpha value is 1.17. The molecule has 0 aliphatic carbocycles. The summed E-state index contributed by atoms with van der Waals surface area (Å²) in [6, 6.07) is 0. The second kappa shape index (κ2) is 10.3. The maximum atomic E-state index is 10.7. The number of carboxylic acids is 2. The minimum Gasteiger partial charge on any atom is -0.549 e. The van der Waals surface area contributed by atoms with Crippen LogP contribution in [0.2, 0.25) is 0 Å². The van der Waals surface area contributed by atoms with E-state index in [9.17, 15) is 19.8 Å². The molecule has 0 aromatic rings. The van der Waals surface area contributed by atoms with Gasteiger partial charge in [-0.05, 0) is 12.8 Å². The summed E-state index contributed by atoms with van der Waals surface area (Å²) in [5, 5.41) is 21.4. The first-order valence-corrected chi connectivity index (χ1v) is 4.44. The quantitative estimate of drug-likeness (QED) is 0.337. The molecule has 0 aromatic carbocycles. The van der Waals surface area contributed by atoms with Crippen molar-refractivity contribution in [2.24, 2.45) is 5.41 Å². The molecule has 0 heterocycles. The molecule has 0 bridgehead atoms. The van der Waals surface area contributed by atoms with Gasteiger partial charge in [0.15, 0.2) is 0 Å². The van der Waals surface area contributed by atoms with Crippen LogP contribution >= 0.6 is 0 Å². The largest absolute Gasteiger partial charge is 1.00 e. The van der Waals surface area contributed by atoms with Crippen LogP contribution in [0.5, 0.6) is 0 Å². The molecule has 0 unspecified atom stereocenters. The molecule has 0 aromatic heterocycles. The molecule has 0 atom stereocenters. The normalized spacial score (nSPS) is 9.73. The predicted octanol–water partition coefficient (Wildman–Crippen LogP) is -6.92. The van der Waals surface area contributed by atoms with E-state index in [4.69, 9.17) is 0 Å². The van der Waals surface area contributed by atoms with Gasteiger partial charge >= 0.3 is 70.2 Å². The van der Waals surface area contributed by atoms with Crippen molar-refractivity contribution in [3.8, 4) is 0 Å². The van der Waals surface area contributed by atoms with E-state index >= 15 is 0 Å². The van der Waals surface area contributed by atoms with Crippen LogP contribution < -0.4 is 80.5 Å². The molecule has 0 saturated carbocycles. The maximum Gasteiger partial charge on any atom is 1.00 e. The van der Waals surface area contributed by atoms with Crippen molar-refractivity contribution < 1.29 is 90.0 Å². The SMILES string of the molecule is CCCC(CCC)(C(=O)[O-])C(=O)[O-].[K+].[Li+]. The topological polar surface area (TPSA) is 80.3 Å². The number of carbonyl (C=O) groups is 2. The van der Waals surface area contributed by atoms with Crippen LogP contribution in [0.1, 0.15) is 39.5 Å². The molecule has 0 N–H and O–H groups in total. The van der Waals surface area contributed by atoms with Gasteiger partial charge < -0.3 is 19.8 Å². The van der Waals surface area contributed by atoms with E-state index in [1.165, 1.54) is 0 Å². The van der Waals surface area contributed by atoms with Gasteiger partial charge in [-0.3, -0.25) is 0 Å². The average molecular weight is 232 g/mol. The van der Waals surface area contributed by atoms with Crippen LogP contribution in [0.3, 0.4) is 0 Å². The Morgan fingerprint density at radius 1 is 1.00 bits per heavy atom. The van der Waals surface area contributed by atoms with E-state index in [-0.39, 0.29) is 83.1 Å². The number of rotatable bonds is 6. The first kappa shape index (κ1) is 21.5. The summed E-state index contributed by atoms with van der Waals surface area (Å²) in [7, 11) is 0. The van der Waals surface area contributed by atoms with Crippen molar-refractivity contribution in [2.45, 2.75) is 39.5 Å². The minimum atomic E-state index is -1.79. The van der Waals surface area contributed by atoms with Crippen LogP contribution in [-0.2, 0) is 9.59 Å². The Kier molecular flexibility index (Phi) is 14.8. The Bertz CT molecular complexity index is 186. The van der Waals surface area contributed by atoms with Crippen molar-refractivity contribution >= 4 is 11.9 Å². The van der Waals surface area contributed by atoms with Gasteiger partial charge in [0.05, 0.1) is 11.9 Å². The number of aliphatic carboxylic acids is 2. The molecule has 15 heavy (non-hydrogen) atoms. The standard InChI is InChI=1S/C9H16O4.K.Li/c1-3-5-9(6-4-2,7(10)11)8(12)13;;/h3-6H2,1-2H3,(H,10,11)(H,12,13);;/q;2*+1/p-2. The van der Waals surface area contributed by atoms with Crippen molar-refractivity contribution in [3.63, 3.8) is 0 Å². The minimum absolute atomic E-state index is 0. The molecule has 0 aliphatic rings. The average Bonchev–Trinajstić information content (AvgIpc) is 2.03. The molecule has 0 radical (unpaired) electrons. The van der Waals surface area contributed by atoms with Crippen LogP contribution in [0.4, 0.5) is 0 Å². The molecule has 0 spiro atoms. The third-order valence-electron chi connectivity index (χ3n) is 2.14. The Balaban J connectivity index is -0.000000720. The zero-order valence-corrected chi connectivity index (χ0v) is 13.1. The Morgan fingerprint density at radius 3 is 1.40 bits per heavy atom. The summed E-state index contributed by atoms with van der Waals surface area (Å²) in [6.45, 7) is 3.46. The summed E-state index contributed by atoms with van der Waals surface area (Å²) in [5.41, 5.74) is -1.79. The van der Waals surface area contributed by atoms with Crippen LogP contribution in [0.25, 0.3) is 0 Å². The Labute approximate surface area is 145 Å². The smallest absolute Gasteiger partial charge is 0.549 e. The van der Waals surface area contributed by atoms with E-state index in [0.717, 1.165) is 0 Å². The van der Waals surface area contributed by atoms with Gasteiger partial charge in [0, 0.05) is 5.41 Å². The first-order valence-electron chi connectivity index (χ1n) is 4.44. The molecular weight excluding hydrogens is 218 g/mol. The summed E-state index contributed by atoms with van der Waals surface area (Å²) in [6.07, 6.45) is 1.13. The predicted molar refractivity (Wildman–Crippen MR) is 42.3 cm³/mol. The number of carbonyl (C=O) groups excluding carboxylic acids is 2. The Morgan fingerprint density at radius 2 is 1.27 bits per heavy atom. The van der Waals surface area contributed by atoms with Crippen molar-refractivity contribution in [1.29, 1.82) is 0 Å². The monoisotopic (exact) mass is 232 g/mol. The van der Waals surface area contributed by atoms with Crippen LogP contribution in [0, 0.1) is 5.41 Å². The van der Waals surface area contributed by atoms with Crippen LogP contribution in [-0.4, -0.2) is 11.9 Å². The van der Waals surface area contributed by atoms with Gasteiger partial charge in [-0.15, -0.1) is 0 Å². The van der Waals surface area contributed by atoms with Gasteiger partial charge in [0.2, 0.25) is 0 Å². The number of hydrogen-bond donors (Lipinski definition) is 0. The second-order valence-electron chi connectivity index (χ2n) is 3.16. The molecule has 0 saturated heterocycles. The molecule has 6 heteroatoms. The molecule has 0 aliphatic heterocycles. The number of hydrogen-bond acceptors (Lipinski definition) is 4. The fraction of sp³-hybridized carbons (Fsp3) is 0.778. The van der Waals surface area contributed by atoms with Gasteiger partial charge in [0.1, 0.15) is 0 Å². The molecule has 0 amide bonds. The third-order valence-corrected chi connectivity index (χ3v) is 2.14. The van der Waals surface area contributed by atoms with Crippen molar-refractivity contribution in [3.05, 3.63) is 0 Å². The van der Waals surface area contributed by atoms with Crippen LogP contribution in [0.15, 0.2) is 0 Å². The summed E-state index contributed by atoms with van der Waals surface area (Å²) < 4.78 is 0. The van der Waals surface area contributed by atoms with E-state index in [1.54, 1.807) is 13.8 Å². The molecule has 0 fully saturated rings. The number of carboxylic acid groups (broad SMARTS) is 2. The fourth-order valence-corrected chi connectivity index (χ4v) is 1.47. The van der Waals surface area contributed by atoms with Crippen molar-refractivity contribution in [2.75, 3.05) is 0 Å². The third kappa shape index (κ3) is 5.87. The summed E-state index contributed by atoms with van der Waals surface area (Å²) >= 11 is 0. The summed E-state index contributed by atoms with van der Waals surface area (Å²) in [5.74, 6) is -3.06. The first-order chi connectivity index (χ1) is 6.01. The second-order valence-corrected chi connectivity index (χ2v) is 3.16. The van der Waals surface area contributed by atoms with E-state index in [1.807, 2.05) is 0 Å². The molecule has 4 nitrogen and oxygen atoms in total. The summed E-state index contributed by atoms with van der Waals surface area (Å²) in [4.78, 5) is 21.4. The fourth-order valence-electron chi connectivity index (χ4n) is 1.47. The molecule has 0 rings (SSSR count). The van der Waals surface area contributed by atoms with Crippen molar-refractivity contribution in [1.82, 2.24) is 0 Å². The van der Waals surface area contributed by atoms with E-state index < -0.39 is 17.4 Å². The van der Waals surface area contributed by atoms with Gasteiger partial charge in [-0.25, -0.2) is 0 Å². The maximum absolute atomic E-state index is 10.7. The van der Waals surface area contributed by atoms with Gasteiger partial charge in [-0.2, -0.15) is 0 Å². The zero-order chi connectivity index (χ0) is 10.5. The molecule has 76 valence electrons. The van der Waals surface area contributed by atoms with Gasteiger partial charge in [-0.1, -0.05) is 26.7 Å². The van der Waals surface area contributed by atoms with Gasteiger partial charge in [0.25, 0.3) is 0 Å². The van der Waals surface area contributed by atoms with E-state index in [0.29, 0.717) is 12.8 Å². The van der Waals surface area contributed by atoms with E-state index in [2.05, 4.69) is 0 Å².